The summed E-state index contributed by atoms with van der Waals surface area (Å²) in [5.74, 6) is 2.51. The highest BCUT2D eigenvalue weighted by Gasteiger charge is 1.99. The highest BCUT2D eigenvalue weighted by molar-refractivity contribution is 9.10. The lowest BCUT2D eigenvalue weighted by Crippen LogP contribution is -2.14. The zero-order valence-corrected chi connectivity index (χ0v) is 11.6. The van der Waals surface area contributed by atoms with Gasteiger partial charge in [-0.15, -0.1) is 11.3 Å². The molecule has 0 bridgehead atoms. The minimum Gasteiger partial charge on any atom is -0.312 e. The molecule has 1 heterocycles. The molecule has 80 valence electrons. The molecular formula is C10H16BrNS2. The molecule has 0 aliphatic carbocycles. The van der Waals surface area contributed by atoms with Crippen LogP contribution in [-0.4, -0.2) is 18.1 Å². The first-order valence-corrected chi connectivity index (χ1v) is 7.67. The molecule has 4 heteroatoms. The molecule has 0 aliphatic rings. The molecule has 0 radical (unpaired) electrons. The van der Waals surface area contributed by atoms with Crippen molar-refractivity contribution in [1.82, 2.24) is 5.32 Å². The standard InChI is InChI=1S/C10H16BrNS2/c1-2-13-6-3-5-12-8-10-9(11)4-7-14-10/h4,7,12H,2-3,5-6,8H2,1H3. The molecule has 0 fully saturated rings. The van der Waals surface area contributed by atoms with Gasteiger partial charge < -0.3 is 5.32 Å². The fourth-order valence-corrected chi connectivity index (χ4v) is 3.20. The highest BCUT2D eigenvalue weighted by atomic mass is 79.9. The first kappa shape index (κ1) is 12.6. The van der Waals surface area contributed by atoms with Crippen LogP contribution in [0.5, 0.6) is 0 Å². The number of halogens is 1. The average Bonchev–Trinajstić information content (AvgIpc) is 2.58. The van der Waals surface area contributed by atoms with E-state index in [0.29, 0.717) is 0 Å². The van der Waals surface area contributed by atoms with Crippen molar-refractivity contribution in [2.75, 3.05) is 18.1 Å². The van der Waals surface area contributed by atoms with Crippen molar-refractivity contribution in [3.8, 4) is 0 Å². The van der Waals surface area contributed by atoms with Gasteiger partial charge in [0, 0.05) is 15.9 Å². The lowest BCUT2D eigenvalue weighted by atomic mass is 10.4. The predicted molar refractivity (Wildman–Crippen MR) is 71.3 cm³/mol. The van der Waals surface area contributed by atoms with Crippen LogP contribution in [0, 0.1) is 0 Å². The van der Waals surface area contributed by atoms with Crippen molar-refractivity contribution in [3.05, 3.63) is 20.8 Å². The second kappa shape index (κ2) is 7.74. The van der Waals surface area contributed by atoms with Gasteiger partial charge in [0.05, 0.1) is 0 Å². The van der Waals surface area contributed by atoms with E-state index in [2.05, 4.69) is 39.6 Å². The lowest BCUT2D eigenvalue weighted by Gasteiger charge is -2.02. The van der Waals surface area contributed by atoms with Crippen LogP contribution in [0.25, 0.3) is 0 Å². The zero-order valence-electron chi connectivity index (χ0n) is 8.38. The van der Waals surface area contributed by atoms with Crippen LogP contribution in [0.2, 0.25) is 0 Å². The van der Waals surface area contributed by atoms with Crippen molar-refractivity contribution < 1.29 is 0 Å². The molecule has 0 unspecified atom stereocenters. The Labute approximate surface area is 103 Å². The van der Waals surface area contributed by atoms with Crippen LogP contribution < -0.4 is 5.32 Å². The van der Waals surface area contributed by atoms with Crippen LogP contribution in [0.4, 0.5) is 0 Å². The van der Waals surface area contributed by atoms with Gasteiger partial charge in [-0.05, 0) is 51.8 Å². The van der Waals surface area contributed by atoms with E-state index in [-0.39, 0.29) is 0 Å². The summed E-state index contributed by atoms with van der Waals surface area (Å²) in [6, 6.07) is 2.11. The Morgan fingerprint density at radius 3 is 3.07 bits per heavy atom. The fraction of sp³-hybridized carbons (Fsp3) is 0.600. The molecule has 1 aromatic rings. The minimum atomic E-state index is 0.995. The third-order valence-electron chi connectivity index (χ3n) is 1.82. The van der Waals surface area contributed by atoms with Gasteiger partial charge in [0.2, 0.25) is 0 Å². The molecule has 0 saturated heterocycles. The summed E-state index contributed by atoms with van der Waals surface area (Å²) >= 11 is 7.34. The monoisotopic (exact) mass is 293 g/mol. The van der Waals surface area contributed by atoms with Crippen LogP contribution >= 0.6 is 39.0 Å². The van der Waals surface area contributed by atoms with Gasteiger partial charge in [0.15, 0.2) is 0 Å². The van der Waals surface area contributed by atoms with E-state index < -0.39 is 0 Å². The molecule has 0 atom stereocenters. The fourth-order valence-electron chi connectivity index (χ4n) is 1.10. The number of hydrogen-bond acceptors (Lipinski definition) is 3. The first-order chi connectivity index (χ1) is 6.84. The molecule has 1 rings (SSSR count). The smallest absolute Gasteiger partial charge is 0.0327 e. The van der Waals surface area contributed by atoms with Crippen LogP contribution in [-0.2, 0) is 6.54 Å². The zero-order chi connectivity index (χ0) is 10.2. The molecule has 1 aromatic heterocycles. The van der Waals surface area contributed by atoms with Gasteiger partial charge in [-0.2, -0.15) is 11.8 Å². The van der Waals surface area contributed by atoms with Gasteiger partial charge in [0.25, 0.3) is 0 Å². The topological polar surface area (TPSA) is 12.0 Å². The van der Waals surface area contributed by atoms with E-state index in [0.717, 1.165) is 13.1 Å². The van der Waals surface area contributed by atoms with Crippen LogP contribution in [0.3, 0.4) is 0 Å². The Kier molecular flexibility index (Phi) is 6.94. The van der Waals surface area contributed by atoms with Gasteiger partial charge in [0.1, 0.15) is 0 Å². The van der Waals surface area contributed by atoms with E-state index in [4.69, 9.17) is 0 Å². The maximum atomic E-state index is 3.53. The third-order valence-corrected chi connectivity index (χ3v) is 4.73. The molecule has 0 amide bonds. The van der Waals surface area contributed by atoms with E-state index in [1.54, 1.807) is 11.3 Å². The molecule has 0 spiro atoms. The normalized spacial score (nSPS) is 10.7. The van der Waals surface area contributed by atoms with E-state index in [9.17, 15) is 0 Å². The molecular weight excluding hydrogens is 278 g/mol. The summed E-state index contributed by atoms with van der Waals surface area (Å²) in [6.45, 7) is 4.33. The lowest BCUT2D eigenvalue weighted by molar-refractivity contribution is 0.684. The number of nitrogens with one attached hydrogen (secondary N) is 1. The van der Waals surface area contributed by atoms with Crippen molar-refractivity contribution in [2.24, 2.45) is 0 Å². The SMILES string of the molecule is CCSCCCNCc1sccc1Br. The van der Waals surface area contributed by atoms with Gasteiger partial charge >= 0.3 is 0 Å². The Balaban J connectivity index is 2.02. The largest absolute Gasteiger partial charge is 0.312 e. The Morgan fingerprint density at radius 2 is 2.43 bits per heavy atom. The number of hydrogen-bond donors (Lipinski definition) is 1. The van der Waals surface area contributed by atoms with Gasteiger partial charge in [-0.25, -0.2) is 0 Å². The molecule has 0 aliphatic heterocycles. The van der Waals surface area contributed by atoms with Crippen LogP contribution in [0.1, 0.15) is 18.2 Å². The Hall–Kier alpha value is 0.490. The number of rotatable bonds is 7. The predicted octanol–water partition coefficient (Wildman–Crippen LogP) is 3.74. The summed E-state index contributed by atoms with van der Waals surface area (Å²) in [7, 11) is 0. The summed E-state index contributed by atoms with van der Waals surface area (Å²) < 4.78 is 1.23. The average molecular weight is 294 g/mol. The van der Waals surface area contributed by atoms with Gasteiger partial charge in [-0.3, -0.25) is 0 Å². The van der Waals surface area contributed by atoms with Crippen molar-refractivity contribution in [3.63, 3.8) is 0 Å². The summed E-state index contributed by atoms with van der Waals surface area (Å²) in [6.07, 6.45) is 1.27. The second-order valence-electron chi connectivity index (χ2n) is 2.92. The van der Waals surface area contributed by atoms with E-state index in [1.165, 1.54) is 27.3 Å². The summed E-state index contributed by atoms with van der Waals surface area (Å²) in [5, 5.41) is 5.57. The molecule has 0 aromatic carbocycles. The quantitative estimate of drug-likeness (QED) is 0.769. The second-order valence-corrected chi connectivity index (χ2v) is 6.17. The summed E-state index contributed by atoms with van der Waals surface area (Å²) in [4.78, 5) is 1.40. The van der Waals surface area contributed by atoms with Gasteiger partial charge in [-0.1, -0.05) is 6.92 Å². The Bertz CT molecular complexity index is 250. The molecule has 1 nitrogen and oxygen atoms in total. The third kappa shape index (κ3) is 4.82. The maximum absolute atomic E-state index is 3.53. The van der Waals surface area contributed by atoms with Crippen molar-refractivity contribution in [2.45, 2.75) is 19.9 Å². The van der Waals surface area contributed by atoms with E-state index in [1.807, 2.05) is 11.8 Å². The van der Waals surface area contributed by atoms with E-state index >= 15 is 0 Å². The molecule has 14 heavy (non-hydrogen) atoms. The first-order valence-electron chi connectivity index (χ1n) is 4.85. The summed E-state index contributed by atoms with van der Waals surface area (Å²) in [5.41, 5.74) is 0. The van der Waals surface area contributed by atoms with Crippen LogP contribution in [0.15, 0.2) is 15.9 Å². The maximum Gasteiger partial charge on any atom is 0.0327 e. The minimum absolute atomic E-state index is 0.995. The molecule has 0 saturated carbocycles. The van der Waals surface area contributed by atoms with Crippen molar-refractivity contribution >= 4 is 39.0 Å². The highest BCUT2D eigenvalue weighted by Crippen LogP contribution is 2.21. The Morgan fingerprint density at radius 1 is 1.57 bits per heavy atom. The number of thiophene rings is 1. The number of thioether (sulfide) groups is 1. The van der Waals surface area contributed by atoms with Crippen molar-refractivity contribution in [1.29, 1.82) is 0 Å². The molecule has 1 N–H and O–H groups in total.